The summed E-state index contributed by atoms with van der Waals surface area (Å²) in [5.74, 6) is -1.88. The summed E-state index contributed by atoms with van der Waals surface area (Å²) in [6.07, 6.45) is 3.41. The summed E-state index contributed by atoms with van der Waals surface area (Å²) in [6.45, 7) is 2.16. The number of aromatic nitrogens is 1. The monoisotopic (exact) mass is 356 g/mol. The third-order valence-corrected chi connectivity index (χ3v) is 3.91. The summed E-state index contributed by atoms with van der Waals surface area (Å²) in [7, 11) is 0. The molecule has 0 saturated carbocycles. The predicted molar refractivity (Wildman–Crippen MR) is 93.4 cm³/mol. The Morgan fingerprint density at radius 3 is 2.73 bits per heavy atom. The lowest BCUT2D eigenvalue weighted by Gasteiger charge is -2.12. The lowest BCUT2D eigenvalue weighted by Crippen LogP contribution is -2.38. The van der Waals surface area contributed by atoms with Gasteiger partial charge in [0.1, 0.15) is 18.1 Å². The van der Waals surface area contributed by atoms with E-state index in [2.05, 4.69) is 10.6 Å². The van der Waals surface area contributed by atoms with Gasteiger partial charge in [-0.25, -0.2) is 14.1 Å². The van der Waals surface area contributed by atoms with Crippen molar-refractivity contribution in [1.29, 1.82) is 0 Å². The second-order valence-corrected chi connectivity index (χ2v) is 5.63. The highest BCUT2D eigenvalue weighted by atomic mass is 19.1. The van der Waals surface area contributed by atoms with Crippen molar-refractivity contribution >= 4 is 29.6 Å². The van der Waals surface area contributed by atoms with Gasteiger partial charge in [0.2, 0.25) is 5.91 Å². The molecule has 2 N–H and O–H groups in total. The molecule has 0 radical (unpaired) electrons. The fourth-order valence-electron chi connectivity index (χ4n) is 2.61. The second-order valence-electron chi connectivity index (χ2n) is 5.63. The minimum absolute atomic E-state index is 0.0129. The van der Waals surface area contributed by atoms with E-state index >= 15 is 0 Å². The molecule has 7 nitrogen and oxygen atoms in total. The molecule has 134 valence electrons. The van der Waals surface area contributed by atoms with Gasteiger partial charge in [0.25, 0.3) is 5.91 Å². The maximum atomic E-state index is 13.6. The van der Waals surface area contributed by atoms with Crippen LogP contribution in [0.4, 0.5) is 14.9 Å². The van der Waals surface area contributed by atoms with Gasteiger partial charge in [-0.05, 0) is 37.3 Å². The zero-order valence-electron chi connectivity index (χ0n) is 14.0. The number of imide groups is 1. The van der Waals surface area contributed by atoms with E-state index in [-0.39, 0.29) is 11.4 Å². The summed E-state index contributed by atoms with van der Waals surface area (Å²) in [5.41, 5.74) is 0.831. The Morgan fingerprint density at radius 1 is 1.23 bits per heavy atom. The molecular formula is C18H17FN4O3. The molecule has 26 heavy (non-hydrogen) atoms. The number of nitrogens with one attached hydrogen (secondary N) is 2. The van der Waals surface area contributed by atoms with Gasteiger partial charge in [-0.3, -0.25) is 9.59 Å². The van der Waals surface area contributed by atoms with E-state index in [1.807, 2.05) is 29.8 Å². The maximum absolute atomic E-state index is 13.6. The van der Waals surface area contributed by atoms with Crippen molar-refractivity contribution in [1.82, 2.24) is 14.8 Å². The van der Waals surface area contributed by atoms with E-state index in [1.54, 1.807) is 12.1 Å². The number of amides is 4. The van der Waals surface area contributed by atoms with Gasteiger partial charge in [-0.2, -0.15) is 0 Å². The number of urea groups is 1. The number of anilines is 1. The average Bonchev–Trinajstić information content (AvgIpc) is 3.17. The minimum Gasteiger partial charge on any atom is -0.348 e. The summed E-state index contributed by atoms with van der Waals surface area (Å²) in [4.78, 5) is 37.3. The molecule has 0 bridgehead atoms. The number of carbonyl (C=O) groups is 3. The molecule has 0 unspecified atom stereocenters. The van der Waals surface area contributed by atoms with Crippen LogP contribution < -0.4 is 10.6 Å². The molecule has 1 saturated heterocycles. The maximum Gasteiger partial charge on any atom is 0.329 e. The molecule has 1 aliphatic rings. The van der Waals surface area contributed by atoms with Crippen molar-refractivity contribution in [2.75, 3.05) is 11.9 Å². The SMILES string of the molecule is CCn1cccc1/C=C1/NC(=O)N(CC(=O)Nc2ccccc2F)C1=O. The van der Waals surface area contributed by atoms with Crippen molar-refractivity contribution in [2.24, 2.45) is 0 Å². The van der Waals surface area contributed by atoms with E-state index in [0.717, 1.165) is 10.6 Å². The predicted octanol–water partition coefficient (Wildman–Crippen LogP) is 2.18. The number of hydrogen-bond donors (Lipinski definition) is 2. The molecule has 4 amide bonds. The number of aryl methyl sites for hydroxylation is 1. The van der Waals surface area contributed by atoms with E-state index in [1.165, 1.54) is 18.2 Å². The van der Waals surface area contributed by atoms with Crippen molar-refractivity contribution in [2.45, 2.75) is 13.5 Å². The molecule has 8 heteroatoms. The fraction of sp³-hybridized carbons (Fsp3) is 0.167. The molecule has 2 heterocycles. The molecule has 2 aromatic rings. The first kappa shape index (κ1) is 17.4. The van der Waals surface area contributed by atoms with Crippen molar-refractivity contribution in [3.63, 3.8) is 0 Å². The number of halogens is 1. The second kappa shape index (κ2) is 7.22. The first-order valence-electron chi connectivity index (χ1n) is 8.03. The standard InChI is InChI=1S/C18H17FN4O3/c1-2-22-9-5-6-12(22)10-15-17(25)23(18(26)21-15)11-16(24)20-14-8-4-3-7-13(14)19/h3-10H,2,11H2,1H3,(H,20,24)(H,21,26)/b15-10+. The number of benzene rings is 1. The smallest absolute Gasteiger partial charge is 0.329 e. The zero-order valence-corrected chi connectivity index (χ0v) is 14.0. The Labute approximate surface area is 149 Å². The van der Waals surface area contributed by atoms with E-state index < -0.39 is 30.2 Å². The molecule has 0 atom stereocenters. The lowest BCUT2D eigenvalue weighted by atomic mass is 10.3. The number of nitrogens with zero attached hydrogens (tertiary/aromatic N) is 2. The van der Waals surface area contributed by atoms with Crippen LogP contribution in [0.15, 0.2) is 48.3 Å². The van der Waals surface area contributed by atoms with Crippen LogP contribution in [0, 0.1) is 5.82 Å². The summed E-state index contributed by atoms with van der Waals surface area (Å²) >= 11 is 0. The average molecular weight is 356 g/mol. The van der Waals surface area contributed by atoms with E-state index in [4.69, 9.17) is 0 Å². The Bertz CT molecular complexity index is 903. The molecule has 3 rings (SSSR count). The highest BCUT2D eigenvalue weighted by Gasteiger charge is 2.35. The molecule has 1 aromatic heterocycles. The van der Waals surface area contributed by atoms with Crippen LogP contribution in [-0.4, -0.2) is 33.9 Å². The number of rotatable bonds is 5. The molecule has 0 aliphatic carbocycles. The summed E-state index contributed by atoms with van der Waals surface area (Å²) in [5, 5.41) is 4.80. The minimum atomic E-state index is -0.695. The van der Waals surface area contributed by atoms with Gasteiger partial charge in [0.05, 0.1) is 5.69 Å². The molecule has 1 fully saturated rings. The molecular weight excluding hydrogens is 339 g/mol. The Morgan fingerprint density at radius 2 is 2.00 bits per heavy atom. The normalized spacial score (nSPS) is 15.5. The highest BCUT2D eigenvalue weighted by Crippen LogP contribution is 2.16. The van der Waals surface area contributed by atoms with Crippen LogP contribution in [-0.2, 0) is 16.1 Å². The largest absolute Gasteiger partial charge is 0.348 e. The Balaban J connectivity index is 1.71. The third kappa shape index (κ3) is 3.49. The quantitative estimate of drug-likeness (QED) is 0.636. The van der Waals surface area contributed by atoms with Gasteiger partial charge >= 0.3 is 6.03 Å². The Kier molecular flexibility index (Phi) is 4.83. The van der Waals surface area contributed by atoms with Crippen LogP contribution in [0.5, 0.6) is 0 Å². The van der Waals surface area contributed by atoms with E-state index in [9.17, 15) is 18.8 Å². The summed E-state index contributed by atoms with van der Waals surface area (Å²) in [6, 6.07) is 8.60. The number of hydrogen-bond acceptors (Lipinski definition) is 3. The van der Waals surface area contributed by atoms with Crippen LogP contribution in [0.1, 0.15) is 12.6 Å². The highest BCUT2D eigenvalue weighted by molar-refractivity contribution is 6.15. The fourth-order valence-corrected chi connectivity index (χ4v) is 2.61. The topological polar surface area (TPSA) is 83.4 Å². The molecule has 1 aromatic carbocycles. The third-order valence-electron chi connectivity index (χ3n) is 3.91. The van der Waals surface area contributed by atoms with Crippen molar-refractivity contribution < 1.29 is 18.8 Å². The van der Waals surface area contributed by atoms with Crippen molar-refractivity contribution in [3.05, 3.63) is 59.8 Å². The first-order valence-corrected chi connectivity index (χ1v) is 8.03. The lowest BCUT2D eigenvalue weighted by molar-refractivity contribution is -0.127. The van der Waals surface area contributed by atoms with Crippen LogP contribution in [0.3, 0.4) is 0 Å². The summed E-state index contributed by atoms with van der Waals surface area (Å²) < 4.78 is 15.5. The van der Waals surface area contributed by atoms with Crippen molar-refractivity contribution in [3.8, 4) is 0 Å². The van der Waals surface area contributed by atoms with Crippen LogP contribution in [0.25, 0.3) is 6.08 Å². The first-order chi connectivity index (χ1) is 12.5. The van der Waals surface area contributed by atoms with Crippen LogP contribution >= 0.6 is 0 Å². The van der Waals surface area contributed by atoms with Crippen LogP contribution in [0.2, 0.25) is 0 Å². The van der Waals surface area contributed by atoms with Gasteiger partial charge in [-0.15, -0.1) is 0 Å². The van der Waals surface area contributed by atoms with Gasteiger partial charge in [-0.1, -0.05) is 12.1 Å². The molecule has 1 aliphatic heterocycles. The zero-order chi connectivity index (χ0) is 18.7. The number of carbonyl (C=O) groups excluding carboxylic acids is 3. The van der Waals surface area contributed by atoms with E-state index in [0.29, 0.717) is 6.54 Å². The molecule has 0 spiro atoms. The Hall–Kier alpha value is -3.42. The van der Waals surface area contributed by atoms with Gasteiger partial charge in [0, 0.05) is 18.4 Å². The van der Waals surface area contributed by atoms with Gasteiger partial charge in [0.15, 0.2) is 0 Å². The van der Waals surface area contributed by atoms with Gasteiger partial charge < -0.3 is 15.2 Å². The number of para-hydroxylation sites is 1.